The Labute approximate surface area is 142 Å². The maximum Gasteiger partial charge on any atom is 0.130 e. The number of nitrogens with one attached hydrogen (secondary N) is 1. The minimum Gasteiger partial charge on any atom is -0.363 e. The summed E-state index contributed by atoms with van der Waals surface area (Å²) in [4.78, 5) is 2.03. The van der Waals surface area contributed by atoms with Crippen molar-refractivity contribution in [2.75, 3.05) is 19.0 Å². The lowest BCUT2D eigenvalue weighted by molar-refractivity contribution is 0.516. The monoisotopic (exact) mass is 336 g/mol. The predicted octanol–water partition coefficient (Wildman–Crippen LogP) is 3.74. The number of benzene rings is 1. The smallest absolute Gasteiger partial charge is 0.130 e. The van der Waals surface area contributed by atoms with Crippen LogP contribution in [0, 0.1) is 11.6 Å². The molecular weight excluding hydrogens is 310 g/mol. The molecule has 0 saturated carbocycles. The summed E-state index contributed by atoms with van der Waals surface area (Å²) < 4.78 is 28.9. The van der Waals surface area contributed by atoms with Crippen LogP contribution >= 0.6 is 0 Å². The van der Waals surface area contributed by atoms with E-state index in [1.54, 1.807) is 0 Å². The van der Waals surface area contributed by atoms with Crippen molar-refractivity contribution >= 4 is 5.82 Å². The number of aromatic nitrogens is 2. The maximum atomic E-state index is 13.9. The van der Waals surface area contributed by atoms with E-state index in [1.807, 2.05) is 37.6 Å². The van der Waals surface area contributed by atoms with Gasteiger partial charge in [-0.2, -0.15) is 5.10 Å². The van der Waals surface area contributed by atoms with Gasteiger partial charge < -0.3 is 10.2 Å². The van der Waals surface area contributed by atoms with E-state index in [4.69, 9.17) is 0 Å². The van der Waals surface area contributed by atoms with Crippen LogP contribution < -0.4 is 10.2 Å². The number of hydrogen-bond donors (Lipinski definition) is 1. The summed E-state index contributed by atoms with van der Waals surface area (Å²) in [7, 11) is 5.88. The number of halogens is 2. The molecule has 2 aromatic rings. The molecule has 0 fully saturated rings. The Morgan fingerprint density at radius 2 is 1.88 bits per heavy atom. The van der Waals surface area contributed by atoms with Crippen LogP contribution in [0.15, 0.2) is 18.2 Å². The Bertz CT molecular complexity index is 707. The van der Waals surface area contributed by atoms with Crippen LogP contribution in [-0.4, -0.2) is 23.9 Å². The van der Waals surface area contributed by atoms with Crippen LogP contribution in [0.5, 0.6) is 0 Å². The van der Waals surface area contributed by atoms with Gasteiger partial charge in [0.05, 0.1) is 5.69 Å². The molecule has 1 N–H and O–H groups in total. The van der Waals surface area contributed by atoms with Crippen LogP contribution in [0.4, 0.5) is 14.6 Å². The second-order valence-electron chi connectivity index (χ2n) is 6.63. The topological polar surface area (TPSA) is 33.1 Å². The third kappa shape index (κ3) is 3.75. The van der Waals surface area contributed by atoms with Gasteiger partial charge in [0.25, 0.3) is 0 Å². The highest BCUT2D eigenvalue weighted by atomic mass is 19.1. The van der Waals surface area contributed by atoms with Crippen LogP contribution in [0.1, 0.15) is 49.6 Å². The van der Waals surface area contributed by atoms with Crippen LogP contribution in [0.3, 0.4) is 0 Å². The summed E-state index contributed by atoms with van der Waals surface area (Å²) in [5, 5.41) is 7.96. The average molecular weight is 336 g/mol. The van der Waals surface area contributed by atoms with Crippen molar-refractivity contribution in [3.8, 4) is 0 Å². The minimum absolute atomic E-state index is 0.235. The van der Waals surface area contributed by atoms with Gasteiger partial charge in [-0.25, -0.2) is 8.78 Å². The Hall–Kier alpha value is -1.95. The fourth-order valence-corrected chi connectivity index (χ4v) is 2.99. The molecule has 0 saturated heterocycles. The first-order valence-corrected chi connectivity index (χ1v) is 8.13. The van der Waals surface area contributed by atoms with Crippen molar-refractivity contribution < 1.29 is 8.78 Å². The summed E-state index contributed by atoms with van der Waals surface area (Å²) in [6, 6.07) is 3.45. The Balaban J connectivity index is 2.25. The maximum absolute atomic E-state index is 13.9. The van der Waals surface area contributed by atoms with Gasteiger partial charge in [0.15, 0.2) is 0 Å². The van der Waals surface area contributed by atoms with Crippen LogP contribution in [0.2, 0.25) is 0 Å². The van der Waals surface area contributed by atoms with Gasteiger partial charge in [-0.05, 0) is 18.9 Å². The molecule has 0 amide bonds. The van der Waals surface area contributed by atoms with E-state index in [0.29, 0.717) is 18.0 Å². The molecule has 0 unspecified atom stereocenters. The van der Waals surface area contributed by atoms with Crippen LogP contribution in [0.25, 0.3) is 0 Å². The van der Waals surface area contributed by atoms with E-state index in [1.165, 1.54) is 12.1 Å². The quantitative estimate of drug-likeness (QED) is 0.872. The summed E-state index contributed by atoms with van der Waals surface area (Å²) in [6.07, 6.45) is 0. The molecule has 132 valence electrons. The van der Waals surface area contributed by atoms with Gasteiger partial charge in [0.1, 0.15) is 17.5 Å². The second-order valence-corrected chi connectivity index (χ2v) is 6.63. The fraction of sp³-hybridized carbons (Fsp3) is 0.500. The molecule has 0 aliphatic carbocycles. The lowest BCUT2D eigenvalue weighted by Gasteiger charge is -2.19. The molecule has 0 aliphatic heterocycles. The van der Waals surface area contributed by atoms with Gasteiger partial charge in [0, 0.05) is 50.9 Å². The zero-order valence-electron chi connectivity index (χ0n) is 15.2. The number of rotatable bonds is 6. The number of hydrogen-bond acceptors (Lipinski definition) is 3. The Kier molecular flexibility index (Phi) is 5.59. The van der Waals surface area contributed by atoms with E-state index in [9.17, 15) is 8.78 Å². The van der Waals surface area contributed by atoms with Gasteiger partial charge in [-0.1, -0.05) is 19.9 Å². The molecule has 2 rings (SSSR count). The highest BCUT2D eigenvalue weighted by molar-refractivity contribution is 5.50. The molecule has 1 aromatic carbocycles. The Morgan fingerprint density at radius 1 is 1.21 bits per heavy atom. The Morgan fingerprint density at radius 3 is 2.42 bits per heavy atom. The molecule has 6 heteroatoms. The standard InChI is InChI=1S/C18H26F2N4/c1-11(2)17-15(18(23(4)5)24(6)22-17)10-21-12(3)14-8-7-13(19)9-16(14)20/h7-9,11-12,21H,10H2,1-6H3/t12-/m1/s1. The van der Waals surface area contributed by atoms with E-state index < -0.39 is 11.6 Å². The number of aryl methyl sites for hydroxylation is 1. The van der Waals surface area contributed by atoms with E-state index in [-0.39, 0.29) is 6.04 Å². The third-order valence-electron chi connectivity index (χ3n) is 4.13. The predicted molar refractivity (Wildman–Crippen MR) is 93.2 cm³/mol. The first kappa shape index (κ1) is 18.4. The largest absolute Gasteiger partial charge is 0.363 e. The van der Waals surface area contributed by atoms with Gasteiger partial charge >= 0.3 is 0 Å². The highest BCUT2D eigenvalue weighted by Gasteiger charge is 2.21. The number of anilines is 1. The van der Waals surface area contributed by atoms with Crippen LogP contribution in [-0.2, 0) is 13.6 Å². The summed E-state index contributed by atoms with van der Waals surface area (Å²) in [5.74, 6) is 0.225. The molecule has 1 atom stereocenters. The fourth-order valence-electron chi connectivity index (χ4n) is 2.99. The molecule has 4 nitrogen and oxygen atoms in total. The molecule has 1 heterocycles. The molecule has 1 aromatic heterocycles. The minimum atomic E-state index is -0.562. The first-order valence-electron chi connectivity index (χ1n) is 8.13. The van der Waals surface area contributed by atoms with Gasteiger partial charge in [-0.15, -0.1) is 0 Å². The van der Waals surface area contributed by atoms with E-state index in [0.717, 1.165) is 23.1 Å². The molecule has 0 spiro atoms. The SMILES string of the molecule is CC(C)c1nn(C)c(N(C)C)c1CN[C@H](C)c1ccc(F)cc1F. The zero-order chi connectivity index (χ0) is 18.0. The van der Waals surface area contributed by atoms with Gasteiger partial charge in [-0.3, -0.25) is 4.68 Å². The third-order valence-corrected chi connectivity index (χ3v) is 4.13. The van der Waals surface area contributed by atoms with Crippen molar-refractivity contribution in [1.29, 1.82) is 0 Å². The number of nitrogens with zero attached hydrogens (tertiary/aromatic N) is 3. The molecular formula is C18H26F2N4. The molecule has 0 radical (unpaired) electrons. The van der Waals surface area contributed by atoms with Crippen molar-refractivity contribution in [2.24, 2.45) is 7.05 Å². The molecule has 0 bridgehead atoms. The first-order chi connectivity index (χ1) is 11.2. The lowest BCUT2D eigenvalue weighted by Crippen LogP contribution is -2.22. The second kappa shape index (κ2) is 7.30. The highest BCUT2D eigenvalue weighted by Crippen LogP contribution is 2.28. The molecule has 24 heavy (non-hydrogen) atoms. The van der Waals surface area contributed by atoms with Gasteiger partial charge in [0.2, 0.25) is 0 Å². The molecule has 0 aliphatic rings. The summed E-state index contributed by atoms with van der Waals surface area (Å²) in [5.41, 5.74) is 2.59. The summed E-state index contributed by atoms with van der Waals surface area (Å²) in [6.45, 7) is 6.65. The van der Waals surface area contributed by atoms with Crippen molar-refractivity contribution in [1.82, 2.24) is 15.1 Å². The van der Waals surface area contributed by atoms with Crippen molar-refractivity contribution in [3.05, 3.63) is 46.7 Å². The van der Waals surface area contributed by atoms with E-state index in [2.05, 4.69) is 24.3 Å². The normalized spacial score (nSPS) is 12.7. The van der Waals surface area contributed by atoms with E-state index >= 15 is 0 Å². The van der Waals surface area contributed by atoms with Crippen molar-refractivity contribution in [2.45, 2.75) is 39.3 Å². The average Bonchev–Trinajstić information content (AvgIpc) is 2.81. The zero-order valence-corrected chi connectivity index (χ0v) is 15.2. The van der Waals surface area contributed by atoms with Crippen molar-refractivity contribution in [3.63, 3.8) is 0 Å². The summed E-state index contributed by atoms with van der Waals surface area (Å²) >= 11 is 0. The lowest BCUT2D eigenvalue weighted by atomic mass is 10.0.